The maximum absolute atomic E-state index is 6.04. The summed E-state index contributed by atoms with van der Waals surface area (Å²) in [6.07, 6.45) is 1.72. The van der Waals surface area contributed by atoms with Crippen LogP contribution in [-0.4, -0.2) is 36.3 Å². The minimum Gasteiger partial charge on any atom is -0.379 e. The Kier molecular flexibility index (Phi) is 3.80. The third-order valence-electron chi connectivity index (χ3n) is 2.08. The monoisotopic (exact) mass is 291 g/mol. The van der Waals surface area contributed by atoms with Crippen LogP contribution in [0.2, 0.25) is 5.02 Å². The van der Waals surface area contributed by atoms with Gasteiger partial charge in [-0.2, -0.15) is 0 Å². The van der Waals surface area contributed by atoms with E-state index in [0.717, 1.165) is 30.8 Å². The number of pyridine rings is 1. The van der Waals surface area contributed by atoms with Crippen molar-refractivity contribution in [1.29, 1.82) is 0 Å². The van der Waals surface area contributed by atoms with Crippen LogP contribution in [0.4, 0.5) is 5.82 Å². The van der Waals surface area contributed by atoms with E-state index in [1.54, 1.807) is 6.20 Å². The fraction of sp³-hybridized carbons (Fsp3) is 0.444. The van der Waals surface area contributed by atoms with Crippen LogP contribution in [0.25, 0.3) is 0 Å². The van der Waals surface area contributed by atoms with Crippen LogP contribution in [-0.2, 0) is 4.74 Å². The molecule has 0 aromatic carbocycles. The lowest BCUT2D eigenvalue weighted by Gasteiger charge is -2.27. The number of hydrazine groups is 1. The van der Waals surface area contributed by atoms with Gasteiger partial charge in [-0.1, -0.05) is 11.6 Å². The van der Waals surface area contributed by atoms with Crippen molar-refractivity contribution in [2.45, 2.75) is 0 Å². The van der Waals surface area contributed by atoms with Crippen molar-refractivity contribution in [2.24, 2.45) is 0 Å². The van der Waals surface area contributed by atoms with E-state index in [0.29, 0.717) is 10.8 Å². The molecule has 0 aliphatic carbocycles. The number of aromatic nitrogens is 1. The summed E-state index contributed by atoms with van der Waals surface area (Å²) in [4.78, 5) is 4.20. The van der Waals surface area contributed by atoms with Gasteiger partial charge in [0.2, 0.25) is 0 Å². The fourth-order valence-corrected chi connectivity index (χ4v) is 1.99. The van der Waals surface area contributed by atoms with Crippen LogP contribution in [0.3, 0.4) is 0 Å². The lowest BCUT2D eigenvalue weighted by molar-refractivity contribution is 0.0495. The molecule has 15 heavy (non-hydrogen) atoms. The van der Waals surface area contributed by atoms with Crippen molar-refractivity contribution in [3.63, 3.8) is 0 Å². The Balaban J connectivity index is 2.03. The van der Waals surface area contributed by atoms with Crippen molar-refractivity contribution < 1.29 is 4.74 Å². The van der Waals surface area contributed by atoms with E-state index < -0.39 is 0 Å². The minimum atomic E-state index is 0.607. The van der Waals surface area contributed by atoms with E-state index in [1.807, 2.05) is 11.1 Å². The fourth-order valence-electron chi connectivity index (χ4n) is 1.32. The SMILES string of the molecule is Clc1cc(Br)cnc1NN1CCOCC1. The van der Waals surface area contributed by atoms with Crippen molar-refractivity contribution in [3.8, 4) is 0 Å². The summed E-state index contributed by atoms with van der Waals surface area (Å²) < 4.78 is 6.12. The van der Waals surface area contributed by atoms with Gasteiger partial charge in [0, 0.05) is 23.8 Å². The number of ether oxygens (including phenoxy) is 1. The first-order valence-corrected chi connectivity index (χ1v) is 5.83. The van der Waals surface area contributed by atoms with Gasteiger partial charge in [0.25, 0.3) is 0 Å². The molecular formula is C9H11BrClN3O. The highest BCUT2D eigenvalue weighted by molar-refractivity contribution is 9.10. The van der Waals surface area contributed by atoms with Gasteiger partial charge in [-0.15, -0.1) is 0 Å². The van der Waals surface area contributed by atoms with Crippen molar-refractivity contribution in [1.82, 2.24) is 9.99 Å². The second-order valence-corrected chi connectivity index (χ2v) is 4.52. The number of halogens is 2. The average molecular weight is 293 g/mol. The highest BCUT2D eigenvalue weighted by Gasteiger charge is 2.12. The van der Waals surface area contributed by atoms with Crippen molar-refractivity contribution in [3.05, 3.63) is 21.8 Å². The van der Waals surface area contributed by atoms with E-state index in [2.05, 4.69) is 26.3 Å². The number of nitrogens with one attached hydrogen (secondary N) is 1. The molecule has 0 amide bonds. The zero-order chi connectivity index (χ0) is 10.7. The highest BCUT2D eigenvalue weighted by Crippen LogP contribution is 2.23. The van der Waals surface area contributed by atoms with Crippen LogP contribution in [0.1, 0.15) is 0 Å². The molecular weight excluding hydrogens is 281 g/mol. The second kappa shape index (κ2) is 5.12. The molecule has 0 atom stereocenters. The van der Waals surface area contributed by atoms with Gasteiger partial charge in [-0.25, -0.2) is 9.99 Å². The zero-order valence-electron chi connectivity index (χ0n) is 8.04. The standard InChI is InChI=1S/C9H11BrClN3O/c10-7-5-8(11)9(12-6-7)13-14-1-3-15-4-2-14/h5-6H,1-4H2,(H,12,13). The van der Waals surface area contributed by atoms with E-state index in [1.165, 1.54) is 0 Å². The Hall–Kier alpha value is -0.360. The van der Waals surface area contributed by atoms with Gasteiger partial charge in [-0.3, -0.25) is 0 Å². The van der Waals surface area contributed by atoms with Crippen molar-refractivity contribution >= 4 is 33.3 Å². The van der Waals surface area contributed by atoms with Gasteiger partial charge >= 0.3 is 0 Å². The predicted molar refractivity (Wildman–Crippen MR) is 63.0 cm³/mol. The molecule has 1 aliphatic rings. The summed E-state index contributed by atoms with van der Waals surface area (Å²) in [7, 11) is 0. The molecule has 1 aromatic rings. The lowest BCUT2D eigenvalue weighted by atomic mass is 10.4. The molecule has 6 heteroatoms. The Morgan fingerprint density at radius 1 is 1.47 bits per heavy atom. The largest absolute Gasteiger partial charge is 0.379 e. The average Bonchev–Trinajstić information content (AvgIpc) is 2.24. The summed E-state index contributed by atoms with van der Waals surface area (Å²) in [5.41, 5.74) is 3.17. The molecule has 0 spiro atoms. The number of morpholine rings is 1. The molecule has 0 unspecified atom stereocenters. The third kappa shape index (κ3) is 3.04. The number of rotatable bonds is 2. The highest BCUT2D eigenvalue weighted by atomic mass is 79.9. The molecule has 1 aromatic heterocycles. The minimum absolute atomic E-state index is 0.607. The molecule has 0 radical (unpaired) electrons. The van der Waals surface area contributed by atoms with E-state index in [-0.39, 0.29) is 0 Å². The maximum atomic E-state index is 6.04. The second-order valence-electron chi connectivity index (χ2n) is 3.20. The Bertz CT molecular complexity index is 344. The first kappa shape index (κ1) is 11.1. The van der Waals surface area contributed by atoms with Crippen LogP contribution in [0.15, 0.2) is 16.7 Å². The molecule has 2 heterocycles. The van der Waals surface area contributed by atoms with Crippen LogP contribution >= 0.6 is 27.5 Å². The third-order valence-corrected chi connectivity index (χ3v) is 2.80. The topological polar surface area (TPSA) is 37.4 Å². The smallest absolute Gasteiger partial charge is 0.159 e. The molecule has 0 saturated carbocycles. The van der Waals surface area contributed by atoms with Crippen LogP contribution in [0, 0.1) is 0 Å². The van der Waals surface area contributed by atoms with Gasteiger partial charge in [0.05, 0.1) is 18.2 Å². The number of nitrogens with zero attached hydrogens (tertiary/aromatic N) is 2. The molecule has 4 nitrogen and oxygen atoms in total. The molecule has 1 aliphatic heterocycles. The summed E-state index contributed by atoms with van der Waals surface area (Å²) in [5, 5.41) is 2.65. The lowest BCUT2D eigenvalue weighted by Crippen LogP contribution is -2.40. The number of hydrogen-bond donors (Lipinski definition) is 1. The summed E-state index contributed by atoms with van der Waals surface area (Å²) in [6, 6.07) is 1.82. The van der Waals surface area contributed by atoms with Gasteiger partial charge in [0.15, 0.2) is 5.82 Å². The summed E-state index contributed by atoms with van der Waals surface area (Å²) in [5.74, 6) is 0.682. The molecule has 1 saturated heterocycles. The molecule has 1 fully saturated rings. The molecule has 2 rings (SSSR count). The molecule has 82 valence electrons. The van der Waals surface area contributed by atoms with Crippen LogP contribution < -0.4 is 5.43 Å². The van der Waals surface area contributed by atoms with E-state index >= 15 is 0 Å². The quantitative estimate of drug-likeness (QED) is 0.906. The van der Waals surface area contributed by atoms with Gasteiger partial charge < -0.3 is 10.2 Å². The predicted octanol–water partition coefficient (Wildman–Crippen LogP) is 2.16. The first-order valence-electron chi connectivity index (χ1n) is 4.66. The number of anilines is 1. The molecule has 0 bridgehead atoms. The summed E-state index contributed by atoms with van der Waals surface area (Å²) in [6.45, 7) is 3.16. The molecule has 1 N–H and O–H groups in total. The van der Waals surface area contributed by atoms with E-state index in [4.69, 9.17) is 16.3 Å². The maximum Gasteiger partial charge on any atom is 0.159 e. The Morgan fingerprint density at radius 2 is 2.20 bits per heavy atom. The zero-order valence-corrected chi connectivity index (χ0v) is 10.4. The van der Waals surface area contributed by atoms with Gasteiger partial charge in [-0.05, 0) is 22.0 Å². The Morgan fingerprint density at radius 3 is 2.87 bits per heavy atom. The first-order chi connectivity index (χ1) is 7.25. The Labute approximate surface area is 102 Å². The van der Waals surface area contributed by atoms with Crippen LogP contribution in [0.5, 0.6) is 0 Å². The normalized spacial score (nSPS) is 17.7. The summed E-state index contributed by atoms with van der Waals surface area (Å²) >= 11 is 9.35. The van der Waals surface area contributed by atoms with E-state index in [9.17, 15) is 0 Å². The van der Waals surface area contributed by atoms with Gasteiger partial charge in [0.1, 0.15) is 0 Å². The number of hydrogen-bond acceptors (Lipinski definition) is 4. The van der Waals surface area contributed by atoms with Crippen molar-refractivity contribution in [2.75, 3.05) is 31.7 Å².